The van der Waals surface area contributed by atoms with Gasteiger partial charge in [0.05, 0.1) is 45.7 Å². The highest BCUT2D eigenvalue weighted by molar-refractivity contribution is 7.23. The zero-order valence-corrected chi connectivity index (χ0v) is 35.2. The molecule has 310 valence electrons. The zero-order chi connectivity index (χ0) is 42.3. The number of thiazole rings is 1. The lowest BCUT2D eigenvalue weighted by molar-refractivity contribution is -0.160. The summed E-state index contributed by atoms with van der Waals surface area (Å²) < 4.78 is 24.2. The molecule has 1 aromatic heterocycles. The molecule has 0 aliphatic carbocycles. The van der Waals surface area contributed by atoms with Gasteiger partial charge in [0.2, 0.25) is 0 Å². The maximum absolute atomic E-state index is 14.5. The molecule has 0 saturated heterocycles. The van der Waals surface area contributed by atoms with Gasteiger partial charge in [0.25, 0.3) is 11.7 Å². The Labute approximate surface area is 336 Å². The van der Waals surface area contributed by atoms with E-state index in [1.54, 1.807) is 65.8 Å². The number of anilines is 2. The number of nitrogens with one attached hydrogen (secondary N) is 1. The molecular formula is C42H55N3O11S. The Morgan fingerprint density at radius 1 is 1.00 bits per heavy atom. The summed E-state index contributed by atoms with van der Waals surface area (Å²) in [5, 5.41) is 49.9. The first-order valence-electron chi connectivity index (χ1n) is 19.2. The molecule has 9 unspecified atom stereocenters. The Bertz CT molecular complexity index is 2140. The van der Waals surface area contributed by atoms with E-state index in [2.05, 4.69) is 5.32 Å². The molecule has 0 spiro atoms. The van der Waals surface area contributed by atoms with Crippen LogP contribution in [0.15, 0.2) is 36.1 Å². The standard InChI is InChI=1S/C42H55N3O11S/c1-12-45(13-2)41-44-30-27-28-34(49)24(8)37-29(27)39(51)42(10,56-37)54-18-17-26(53-11)21(5)36(55-25(9)46)23(7)33(48)22(6)32(47)19(3)15-14-16-20(4)40(52)43-31(35(28)50)38(30)57-41/h14-19,21-23,26,32-33,36,47-50H,12-13H2,1-11H3,(H,43,52)/b15-14-,18-17-,20-16+. The molecule has 5 rings (SSSR count). The number of carbonyl (C=O) groups is 3. The number of aromatic nitrogens is 1. The Morgan fingerprint density at radius 2 is 1.67 bits per heavy atom. The number of phenols is 2. The quantitative estimate of drug-likeness (QED) is 0.138. The van der Waals surface area contributed by atoms with E-state index in [-0.39, 0.29) is 50.2 Å². The van der Waals surface area contributed by atoms with E-state index in [0.717, 1.165) is 0 Å². The maximum Gasteiger partial charge on any atom is 0.312 e. The van der Waals surface area contributed by atoms with Gasteiger partial charge in [0.1, 0.15) is 23.3 Å². The van der Waals surface area contributed by atoms with Crippen molar-refractivity contribution in [3.8, 4) is 17.2 Å². The van der Waals surface area contributed by atoms with Crippen molar-refractivity contribution in [1.82, 2.24) is 4.98 Å². The van der Waals surface area contributed by atoms with E-state index in [1.165, 1.54) is 38.6 Å². The van der Waals surface area contributed by atoms with Gasteiger partial charge >= 0.3 is 11.8 Å². The summed E-state index contributed by atoms with van der Waals surface area (Å²) in [6, 6.07) is 0. The number of carbonyl (C=O) groups excluding carboxylic acids is 3. The van der Waals surface area contributed by atoms with Gasteiger partial charge in [0.15, 0.2) is 10.9 Å². The number of hydrogen-bond acceptors (Lipinski definition) is 14. The van der Waals surface area contributed by atoms with Crippen LogP contribution in [0, 0.1) is 30.6 Å². The second kappa shape index (κ2) is 17.0. The van der Waals surface area contributed by atoms with Crippen LogP contribution in [0.3, 0.4) is 0 Å². The number of ether oxygens (including phenoxy) is 4. The lowest BCUT2D eigenvalue weighted by Crippen LogP contribution is -2.46. The molecule has 0 saturated carbocycles. The largest absolute Gasteiger partial charge is 0.507 e. The molecule has 14 nitrogen and oxygen atoms in total. The van der Waals surface area contributed by atoms with E-state index in [0.29, 0.717) is 22.9 Å². The minimum Gasteiger partial charge on any atom is -0.507 e. The number of methoxy groups -OCH3 is 1. The summed E-state index contributed by atoms with van der Waals surface area (Å²) in [5.74, 6) is -6.80. The summed E-state index contributed by atoms with van der Waals surface area (Å²) in [6.45, 7) is 18.0. The normalized spacial score (nSPS) is 30.7. The lowest BCUT2D eigenvalue weighted by atomic mass is 9.78. The van der Waals surface area contributed by atoms with E-state index >= 15 is 0 Å². The Kier molecular flexibility index (Phi) is 13.0. The van der Waals surface area contributed by atoms with Crippen LogP contribution >= 0.6 is 11.3 Å². The van der Waals surface area contributed by atoms with Crippen LogP contribution in [0.25, 0.3) is 21.0 Å². The highest BCUT2D eigenvalue weighted by atomic mass is 32.1. The number of nitrogens with zero attached hydrogens (tertiary/aromatic N) is 2. The third kappa shape index (κ3) is 7.94. The van der Waals surface area contributed by atoms with Gasteiger partial charge in [-0.1, -0.05) is 57.3 Å². The molecule has 0 radical (unpaired) electrons. The molecule has 0 fully saturated rings. The first-order valence-corrected chi connectivity index (χ1v) is 20.0. The molecule has 57 heavy (non-hydrogen) atoms. The number of benzene rings is 2. The Morgan fingerprint density at radius 3 is 2.28 bits per heavy atom. The van der Waals surface area contributed by atoms with Crippen LogP contribution in [0.5, 0.6) is 17.2 Å². The monoisotopic (exact) mass is 809 g/mol. The minimum absolute atomic E-state index is 0.0139. The fourth-order valence-electron chi connectivity index (χ4n) is 7.74. The van der Waals surface area contributed by atoms with Crippen molar-refractivity contribution in [1.29, 1.82) is 0 Å². The van der Waals surface area contributed by atoms with Gasteiger partial charge in [-0.15, -0.1) is 0 Å². The van der Waals surface area contributed by atoms with E-state index in [4.69, 9.17) is 23.9 Å². The van der Waals surface area contributed by atoms with Gasteiger partial charge in [-0.3, -0.25) is 14.4 Å². The third-order valence-corrected chi connectivity index (χ3v) is 12.5. The van der Waals surface area contributed by atoms with Crippen molar-refractivity contribution in [3.63, 3.8) is 0 Å². The number of amides is 1. The van der Waals surface area contributed by atoms with Crippen LogP contribution in [-0.4, -0.2) is 93.5 Å². The molecular weight excluding hydrogens is 755 g/mol. The first-order chi connectivity index (χ1) is 26.8. The number of aliphatic hydroxyl groups is 2. The summed E-state index contributed by atoms with van der Waals surface area (Å²) in [5.41, 5.74) is 0.740. The van der Waals surface area contributed by atoms with Crippen LogP contribution in [-0.2, 0) is 23.8 Å². The molecule has 3 heterocycles. The topological polar surface area (TPSA) is 197 Å². The molecule has 2 aliphatic heterocycles. The first kappa shape index (κ1) is 43.4. The number of aliphatic hydroxyl groups excluding tert-OH is 2. The average Bonchev–Trinajstić information content (AvgIpc) is 3.72. The van der Waals surface area contributed by atoms with Crippen molar-refractivity contribution in [2.45, 2.75) is 99.4 Å². The average molecular weight is 810 g/mol. The number of rotatable bonds is 5. The summed E-state index contributed by atoms with van der Waals surface area (Å²) >= 11 is 1.22. The second-order valence-corrected chi connectivity index (χ2v) is 16.2. The van der Waals surface area contributed by atoms with Crippen molar-refractivity contribution in [2.24, 2.45) is 23.7 Å². The second-order valence-electron chi connectivity index (χ2n) is 15.2. The number of Topliss-reactive ketones (excluding diaryl/α,β-unsaturated/α-hetero) is 1. The van der Waals surface area contributed by atoms with Gasteiger partial charge in [-0.25, -0.2) is 4.98 Å². The van der Waals surface area contributed by atoms with Crippen molar-refractivity contribution in [3.05, 3.63) is 47.3 Å². The minimum atomic E-state index is -1.94. The highest BCUT2D eigenvalue weighted by Crippen LogP contribution is 2.55. The fourth-order valence-corrected chi connectivity index (χ4v) is 8.94. The number of hydrogen-bond donors (Lipinski definition) is 5. The molecule has 5 N–H and O–H groups in total. The molecule has 4 bridgehead atoms. The third-order valence-electron chi connectivity index (χ3n) is 11.4. The number of esters is 1. The van der Waals surface area contributed by atoms with E-state index < -0.39 is 77.3 Å². The van der Waals surface area contributed by atoms with Crippen LogP contribution in [0.1, 0.15) is 78.2 Å². The fraction of sp³-hybridized carbons (Fsp3) is 0.524. The predicted molar refractivity (Wildman–Crippen MR) is 219 cm³/mol. The van der Waals surface area contributed by atoms with Crippen molar-refractivity contribution >= 4 is 60.8 Å². The molecule has 15 heteroatoms. The number of allylic oxidation sites excluding steroid dienone is 2. The SMILES string of the molecule is CCN(CC)c1nc2c(s1)c1c(O)c3c(O)c(C)c4c(c32)C(=O)C(C)(O/C=C\C(OC)C(C)C(OC(C)=O)C(C)C(O)C(C)C(O)C(C)/C=C\C=C(/C)C(=O)N1)O4. The Hall–Kier alpha value is -4.70. The lowest BCUT2D eigenvalue weighted by Gasteiger charge is -2.38. The predicted octanol–water partition coefficient (Wildman–Crippen LogP) is 6.50. The summed E-state index contributed by atoms with van der Waals surface area (Å²) in [7, 11) is 1.46. The Balaban J connectivity index is 1.75. The smallest absolute Gasteiger partial charge is 0.312 e. The van der Waals surface area contributed by atoms with Gasteiger partial charge < -0.3 is 49.6 Å². The molecule has 9 atom stereocenters. The number of fused-ring (bicyclic) bond motifs is 1. The number of ketones is 1. The highest BCUT2D eigenvalue weighted by Gasteiger charge is 2.50. The van der Waals surface area contributed by atoms with Crippen LogP contribution in [0.2, 0.25) is 0 Å². The summed E-state index contributed by atoms with van der Waals surface area (Å²) in [6.07, 6.45) is 3.95. The van der Waals surface area contributed by atoms with Crippen molar-refractivity contribution < 1.29 is 53.8 Å². The summed E-state index contributed by atoms with van der Waals surface area (Å²) in [4.78, 5) is 47.5. The maximum atomic E-state index is 14.5. The van der Waals surface area contributed by atoms with Crippen LogP contribution < -0.4 is 15.0 Å². The molecule has 1 amide bonds. The van der Waals surface area contributed by atoms with Gasteiger partial charge in [0, 0.05) is 74.2 Å². The number of aromatic hydroxyl groups is 2. The zero-order valence-electron chi connectivity index (χ0n) is 34.4. The molecule has 3 aromatic rings. The molecule has 2 aromatic carbocycles. The van der Waals surface area contributed by atoms with Gasteiger partial charge in [-0.05, 0) is 33.8 Å². The molecule has 2 aliphatic rings. The van der Waals surface area contributed by atoms with Crippen LogP contribution in [0.4, 0.5) is 10.8 Å². The van der Waals surface area contributed by atoms with E-state index in [9.17, 15) is 34.8 Å². The van der Waals surface area contributed by atoms with E-state index in [1.807, 2.05) is 18.7 Å². The number of phenolic OH excluding ortho intramolecular Hbond substituents is 2. The van der Waals surface area contributed by atoms with Gasteiger partial charge in [-0.2, -0.15) is 0 Å². The van der Waals surface area contributed by atoms with Crippen molar-refractivity contribution in [2.75, 3.05) is 30.4 Å².